The van der Waals surface area contributed by atoms with Crippen LogP contribution in [0.3, 0.4) is 0 Å². The van der Waals surface area contributed by atoms with Gasteiger partial charge in [-0.3, -0.25) is 14.5 Å². The highest BCUT2D eigenvalue weighted by Gasteiger charge is 2.38. The van der Waals surface area contributed by atoms with E-state index in [1.807, 2.05) is 39.2 Å². The molecule has 0 aromatic carbocycles. The zero-order valence-electron chi connectivity index (χ0n) is 16.5. The molecule has 1 amide bonds. The Hall–Kier alpha value is -2.45. The summed E-state index contributed by atoms with van der Waals surface area (Å²) in [6.45, 7) is 3.57. The van der Waals surface area contributed by atoms with Crippen molar-refractivity contribution in [3.63, 3.8) is 0 Å². The zero-order chi connectivity index (χ0) is 19.6. The summed E-state index contributed by atoms with van der Waals surface area (Å²) < 4.78 is 13.2. The fraction of sp³-hybridized carbons (Fsp3) is 0.526. The molecule has 3 heterocycles. The van der Waals surface area contributed by atoms with Crippen LogP contribution in [0.4, 0.5) is 0 Å². The van der Waals surface area contributed by atoms with Crippen LogP contribution in [0.1, 0.15) is 27.7 Å². The first-order chi connectivity index (χ1) is 12.9. The maximum absolute atomic E-state index is 13.5. The van der Waals surface area contributed by atoms with E-state index in [1.165, 1.54) is 0 Å². The molecule has 2 aromatic rings. The number of carbonyl (C=O) groups is 1. The van der Waals surface area contributed by atoms with Gasteiger partial charge >= 0.3 is 0 Å². The Morgan fingerprint density at radius 2 is 2.19 bits per heavy atom. The van der Waals surface area contributed by atoms with Crippen molar-refractivity contribution in [2.24, 2.45) is 7.05 Å². The van der Waals surface area contributed by atoms with Gasteiger partial charge in [0.25, 0.3) is 5.91 Å². The van der Waals surface area contributed by atoms with Crippen LogP contribution in [0.15, 0.2) is 24.7 Å². The molecule has 0 aliphatic carbocycles. The Balaban J connectivity index is 2.00. The van der Waals surface area contributed by atoms with Crippen molar-refractivity contribution in [2.45, 2.75) is 19.1 Å². The molecule has 2 atom stereocenters. The summed E-state index contributed by atoms with van der Waals surface area (Å²) in [4.78, 5) is 21.6. The molecule has 1 aliphatic heterocycles. The first-order valence-electron chi connectivity index (χ1n) is 8.97. The lowest BCUT2D eigenvalue weighted by Crippen LogP contribution is -2.51. The molecule has 0 spiro atoms. The second-order valence-corrected chi connectivity index (χ2v) is 7.09. The number of methoxy groups -OCH3 is 1. The van der Waals surface area contributed by atoms with Gasteiger partial charge < -0.3 is 19.3 Å². The smallest absolute Gasteiger partial charge is 0.258 e. The Bertz CT molecular complexity index is 804. The van der Waals surface area contributed by atoms with Gasteiger partial charge in [-0.1, -0.05) is 0 Å². The fourth-order valence-corrected chi connectivity index (χ4v) is 3.49. The Morgan fingerprint density at radius 3 is 2.81 bits per heavy atom. The number of carbonyl (C=O) groups excluding carboxylic acids is 1. The summed E-state index contributed by atoms with van der Waals surface area (Å²) in [7, 11) is 7.42. The Labute approximate surface area is 159 Å². The lowest BCUT2D eigenvalue weighted by Gasteiger charge is -2.42. The number of morpholine rings is 1. The van der Waals surface area contributed by atoms with Crippen LogP contribution in [0.25, 0.3) is 0 Å². The number of hydrogen-bond donors (Lipinski definition) is 0. The number of aromatic nitrogens is 3. The summed E-state index contributed by atoms with van der Waals surface area (Å²) in [6.07, 6.45) is 5.20. The van der Waals surface area contributed by atoms with Crippen molar-refractivity contribution < 1.29 is 14.3 Å². The van der Waals surface area contributed by atoms with Crippen molar-refractivity contribution in [1.29, 1.82) is 0 Å². The monoisotopic (exact) mass is 373 g/mol. The predicted octanol–water partition coefficient (Wildman–Crippen LogP) is 1.28. The van der Waals surface area contributed by atoms with Gasteiger partial charge in [-0.25, -0.2) is 0 Å². The average molecular weight is 373 g/mol. The van der Waals surface area contributed by atoms with E-state index in [-0.39, 0.29) is 18.1 Å². The van der Waals surface area contributed by atoms with Gasteiger partial charge in [0.15, 0.2) is 0 Å². The van der Waals surface area contributed by atoms with Gasteiger partial charge in [-0.2, -0.15) is 5.10 Å². The van der Waals surface area contributed by atoms with Crippen molar-refractivity contribution in [2.75, 3.05) is 40.9 Å². The average Bonchev–Trinajstić information content (AvgIpc) is 3.06. The van der Waals surface area contributed by atoms with Crippen LogP contribution in [-0.2, 0) is 11.8 Å². The first-order valence-corrected chi connectivity index (χ1v) is 8.97. The van der Waals surface area contributed by atoms with E-state index in [9.17, 15) is 4.79 Å². The number of aryl methyl sites for hydroxylation is 2. The zero-order valence-corrected chi connectivity index (χ0v) is 16.5. The van der Waals surface area contributed by atoms with E-state index < -0.39 is 0 Å². The lowest BCUT2D eigenvalue weighted by molar-refractivity contribution is -0.0685. The molecule has 3 rings (SSSR count). The van der Waals surface area contributed by atoms with Gasteiger partial charge in [0.05, 0.1) is 43.8 Å². The maximum atomic E-state index is 13.5. The third-order valence-corrected chi connectivity index (χ3v) is 4.68. The van der Waals surface area contributed by atoms with Gasteiger partial charge in [0.1, 0.15) is 5.75 Å². The molecule has 8 nitrogen and oxygen atoms in total. The number of rotatable bonds is 5. The molecule has 2 aromatic heterocycles. The normalized spacial score (nSPS) is 20.1. The molecule has 1 saturated heterocycles. The van der Waals surface area contributed by atoms with Crippen LogP contribution < -0.4 is 4.74 Å². The number of hydrogen-bond acceptors (Lipinski definition) is 6. The highest BCUT2D eigenvalue weighted by Crippen LogP contribution is 2.32. The van der Waals surface area contributed by atoms with E-state index in [4.69, 9.17) is 9.47 Å². The van der Waals surface area contributed by atoms with Crippen molar-refractivity contribution in [1.82, 2.24) is 24.6 Å². The minimum Gasteiger partial charge on any atom is -0.494 e. The Morgan fingerprint density at radius 1 is 1.41 bits per heavy atom. The summed E-state index contributed by atoms with van der Waals surface area (Å²) in [6, 6.07) is 1.55. The largest absolute Gasteiger partial charge is 0.494 e. The molecule has 0 unspecified atom stereocenters. The number of nitrogens with zero attached hydrogens (tertiary/aromatic N) is 5. The second kappa shape index (κ2) is 8.06. The van der Waals surface area contributed by atoms with Crippen molar-refractivity contribution in [3.05, 3.63) is 41.5 Å². The van der Waals surface area contributed by atoms with Gasteiger partial charge in [-0.15, -0.1) is 0 Å². The van der Waals surface area contributed by atoms with Crippen molar-refractivity contribution >= 4 is 5.91 Å². The molecule has 27 heavy (non-hydrogen) atoms. The molecule has 0 saturated carbocycles. The van der Waals surface area contributed by atoms with Crippen molar-refractivity contribution in [3.8, 4) is 5.75 Å². The molecule has 8 heteroatoms. The fourth-order valence-electron chi connectivity index (χ4n) is 3.49. The summed E-state index contributed by atoms with van der Waals surface area (Å²) in [5.41, 5.74) is 2.25. The van der Waals surface area contributed by atoms with Crippen LogP contribution in [0.5, 0.6) is 5.75 Å². The van der Waals surface area contributed by atoms with E-state index in [0.29, 0.717) is 31.0 Å². The first kappa shape index (κ1) is 19.3. The van der Waals surface area contributed by atoms with E-state index in [1.54, 1.807) is 30.3 Å². The quantitative estimate of drug-likeness (QED) is 0.786. The SMILES string of the molecule is COc1cnc(C)cc1C(=O)N1CCO[C@@H](CN(C)C)[C@@H]1c1cnn(C)c1. The maximum Gasteiger partial charge on any atom is 0.258 e. The number of ether oxygens (including phenoxy) is 2. The minimum absolute atomic E-state index is 0.0849. The van der Waals surface area contributed by atoms with Crippen LogP contribution in [0.2, 0.25) is 0 Å². The number of pyridine rings is 1. The molecular weight excluding hydrogens is 346 g/mol. The minimum atomic E-state index is -0.222. The highest BCUT2D eigenvalue weighted by atomic mass is 16.5. The van der Waals surface area contributed by atoms with Crippen LogP contribution >= 0.6 is 0 Å². The third kappa shape index (κ3) is 4.12. The topological polar surface area (TPSA) is 72.7 Å². The Kier molecular flexibility index (Phi) is 5.76. The van der Waals surface area contributed by atoms with E-state index >= 15 is 0 Å². The van der Waals surface area contributed by atoms with Gasteiger partial charge in [0, 0.05) is 37.6 Å². The molecule has 1 aliphatic rings. The van der Waals surface area contributed by atoms with Gasteiger partial charge in [-0.05, 0) is 27.1 Å². The molecule has 146 valence electrons. The van der Waals surface area contributed by atoms with Gasteiger partial charge in [0.2, 0.25) is 0 Å². The second-order valence-electron chi connectivity index (χ2n) is 7.09. The van der Waals surface area contributed by atoms with E-state index in [2.05, 4.69) is 15.0 Å². The lowest BCUT2D eigenvalue weighted by atomic mass is 9.99. The standard InChI is InChI=1S/C19H27N5O3/c1-13-8-15(16(26-5)10-20-13)19(25)24-6-7-27-17(12-22(2)3)18(24)14-9-21-23(4)11-14/h8-11,17-18H,6-7,12H2,1-5H3/t17-,18-/m0/s1. The molecule has 0 N–H and O–H groups in total. The van der Waals surface area contributed by atoms with E-state index in [0.717, 1.165) is 11.3 Å². The molecular formula is C19H27N5O3. The van der Waals surface area contributed by atoms with Crippen LogP contribution in [-0.4, -0.2) is 77.5 Å². The third-order valence-electron chi connectivity index (χ3n) is 4.68. The summed E-state index contributed by atoms with van der Waals surface area (Å²) in [5, 5.41) is 4.29. The molecule has 0 radical (unpaired) electrons. The molecule has 0 bridgehead atoms. The summed E-state index contributed by atoms with van der Waals surface area (Å²) in [5.74, 6) is 0.393. The number of likely N-dealkylation sites (N-methyl/N-ethyl adjacent to an activating group) is 1. The molecule has 1 fully saturated rings. The number of amides is 1. The summed E-state index contributed by atoms with van der Waals surface area (Å²) >= 11 is 0. The predicted molar refractivity (Wildman–Crippen MR) is 101 cm³/mol. The highest BCUT2D eigenvalue weighted by molar-refractivity contribution is 5.97. The van der Waals surface area contributed by atoms with Crippen LogP contribution in [0, 0.1) is 6.92 Å².